The number of hydrogen-bond donors (Lipinski definition) is 0. The van der Waals surface area contributed by atoms with Crippen molar-refractivity contribution in [3.05, 3.63) is 12.2 Å². The largest absolute Gasteiger partial charge is 0.460 e. The molecule has 1 unspecified atom stereocenters. The van der Waals surface area contributed by atoms with Gasteiger partial charge in [-0.2, -0.15) is 0 Å². The normalized spacial score (nSPS) is 30.5. The van der Waals surface area contributed by atoms with Crippen molar-refractivity contribution < 1.29 is 9.53 Å². The summed E-state index contributed by atoms with van der Waals surface area (Å²) >= 11 is 11.7. The molecule has 0 spiro atoms. The lowest BCUT2D eigenvalue weighted by Crippen LogP contribution is -2.31. The van der Waals surface area contributed by atoms with Crippen LogP contribution in [0.1, 0.15) is 32.6 Å². The Morgan fingerprint density at radius 3 is 2.93 bits per heavy atom. The first-order valence-electron chi connectivity index (χ1n) is 4.76. The molecule has 1 aliphatic heterocycles. The standard InChI is InChI=1S/C10H14Cl2O2/c1-8-6-4-2-3-5-7-10(11,12)9(13)14-8/h3,5,8H,2,4,6-7H2,1H3/b5-3-. The van der Waals surface area contributed by atoms with E-state index in [-0.39, 0.29) is 6.10 Å². The number of halogens is 2. The number of esters is 1. The summed E-state index contributed by atoms with van der Waals surface area (Å²) in [6, 6.07) is 0. The summed E-state index contributed by atoms with van der Waals surface area (Å²) in [5, 5.41) is 0. The molecule has 4 heteroatoms. The fourth-order valence-electron chi connectivity index (χ4n) is 1.28. The summed E-state index contributed by atoms with van der Waals surface area (Å²) in [4.78, 5) is 11.4. The molecule has 0 aromatic carbocycles. The first kappa shape index (κ1) is 11.9. The van der Waals surface area contributed by atoms with Crippen molar-refractivity contribution in [2.45, 2.75) is 43.0 Å². The van der Waals surface area contributed by atoms with Gasteiger partial charge in [0.2, 0.25) is 4.33 Å². The maximum atomic E-state index is 11.4. The van der Waals surface area contributed by atoms with Crippen LogP contribution in [0.2, 0.25) is 0 Å². The third-order valence-electron chi connectivity index (χ3n) is 2.13. The van der Waals surface area contributed by atoms with Gasteiger partial charge in [0.15, 0.2) is 0 Å². The highest BCUT2D eigenvalue weighted by molar-refractivity contribution is 6.57. The average molecular weight is 237 g/mol. The number of hydrogen-bond acceptors (Lipinski definition) is 2. The molecule has 0 aromatic rings. The van der Waals surface area contributed by atoms with Gasteiger partial charge in [-0.25, -0.2) is 4.79 Å². The van der Waals surface area contributed by atoms with E-state index in [1.807, 2.05) is 19.1 Å². The first-order valence-corrected chi connectivity index (χ1v) is 5.52. The third-order valence-corrected chi connectivity index (χ3v) is 2.75. The van der Waals surface area contributed by atoms with Gasteiger partial charge in [-0.05, 0) is 26.2 Å². The number of carbonyl (C=O) groups is 1. The van der Waals surface area contributed by atoms with Gasteiger partial charge in [-0.3, -0.25) is 0 Å². The SMILES string of the molecule is CC1CCC/C=C\CC(Cl)(Cl)C(=O)O1. The smallest absolute Gasteiger partial charge is 0.343 e. The quantitative estimate of drug-likeness (QED) is 0.367. The average Bonchev–Trinajstić information content (AvgIpc) is 2.09. The minimum atomic E-state index is -1.43. The van der Waals surface area contributed by atoms with Gasteiger partial charge in [-0.15, -0.1) is 0 Å². The second-order valence-corrected chi connectivity index (χ2v) is 5.01. The Morgan fingerprint density at radius 1 is 1.50 bits per heavy atom. The lowest BCUT2D eigenvalue weighted by molar-refractivity contribution is -0.149. The van der Waals surface area contributed by atoms with E-state index >= 15 is 0 Å². The van der Waals surface area contributed by atoms with Crippen LogP contribution in [0.15, 0.2) is 12.2 Å². The maximum Gasteiger partial charge on any atom is 0.343 e. The van der Waals surface area contributed by atoms with Crippen LogP contribution in [-0.4, -0.2) is 16.4 Å². The second-order valence-electron chi connectivity index (χ2n) is 3.53. The Kier molecular flexibility index (Phi) is 4.27. The van der Waals surface area contributed by atoms with Gasteiger partial charge in [-0.1, -0.05) is 35.4 Å². The van der Waals surface area contributed by atoms with Crippen LogP contribution >= 0.6 is 23.2 Å². The molecule has 0 amide bonds. The zero-order valence-electron chi connectivity index (χ0n) is 8.13. The predicted octanol–water partition coefficient (Wildman–Crippen LogP) is 3.22. The molecule has 1 heterocycles. The number of cyclic esters (lactones) is 1. The number of ether oxygens (including phenoxy) is 1. The first-order chi connectivity index (χ1) is 6.52. The molecule has 0 saturated carbocycles. The van der Waals surface area contributed by atoms with Crippen LogP contribution < -0.4 is 0 Å². The third kappa shape index (κ3) is 3.50. The van der Waals surface area contributed by atoms with E-state index in [1.54, 1.807) is 0 Å². The zero-order valence-corrected chi connectivity index (χ0v) is 9.64. The van der Waals surface area contributed by atoms with Crippen molar-refractivity contribution >= 4 is 29.2 Å². The van der Waals surface area contributed by atoms with Crippen LogP contribution in [0.3, 0.4) is 0 Å². The highest BCUT2D eigenvalue weighted by Crippen LogP contribution is 2.29. The van der Waals surface area contributed by atoms with E-state index in [1.165, 1.54) is 0 Å². The fourth-order valence-corrected chi connectivity index (χ4v) is 1.55. The molecule has 0 radical (unpaired) electrons. The minimum absolute atomic E-state index is 0.106. The number of alkyl halides is 2. The second kappa shape index (κ2) is 5.04. The van der Waals surface area contributed by atoms with Crippen molar-refractivity contribution in [1.29, 1.82) is 0 Å². The molecule has 1 aliphatic rings. The lowest BCUT2D eigenvalue weighted by Gasteiger charge is -2.21. The summed E-state index contributed by atoms with van der Waals surface area (Å²) in [6.45, 7) is 1.85. The number of allylic oxidation sites excluding steroid dienone is 2. The van der Waals surface area contributed by atoms with Crippen LogP contribution in [-0.2, 0) is 9.53 Å². The predicted molar refractivity (Wildman–Crippen MR) is 57.6 cm³/mol. The number of carbonyl (C=O) groups excluding carboxylic acids is 1. The topological polar surface area (TPSA) is 26.3 Å². The maximum absolute atomic E-state index is 11.4. The van der Waals surface area contributed by atoms with Gasteiger partial charge in [0.05, 0.1) is 6.10 Å². The fraction of sp³-hybridized carbons (Fsp3) is 0.700. The molecule has 1 rings (SSSR count). The summed E-state index contributed by atoms with van der Waals surface area (Å²) in [7, 11) is 0. The van der Waals surface area contributed by atoms with Gasteiger partial charge >= 0.3 is 5.97 Å². The molecule has 1 atom stereocenters. The molecule has 80 valence electrons. The Hall–Kier alpha value is -0.210. The van der Waals surface area contributed by atoms with Gasteiger partial charge < -0.3 is 4.74 Å². The Morgan fingerprint density at radius 2 is 2.21 bits per heavy atom. The van der Waals surface area contributed by atoms with E-state index in [9.17, 15) is 4.79 Å². The summed E-state index contributed by atoms with van der Waals surface area (Å²) in [5.74, 6) is -0.542. The van der Waals surface area contributed by atoms with Gasteiger partial charge in [0, 0.05) is 6.42 Å². The van der Waals surface area contributed by atoms with Gasteiger partial charge in [0.1, 0.15) is 0 Å². The van der Waals surface area contributed by atoms with Crippen LogP contribution in [0, 0.1) is 0 Å². The zero-order chi connectivity index (χ0) is 10.6. The lowest BCUT2D eigenvalue weighted by atomic mass is 10.1. The van der Waals surface area contributed by atoms with Gasteiger partial charge in [0.25, 0.3) is 0 Å². The molecule has 0 saturated heterocycles. The molecule has 0 aliphatic carbocycles. The van der Waals surface area contributed by atoms with E-state index in [0.29, 0.717) is 6.42 Å². The Bertz CT molecular complexity index is 236. The van der Waals surface area contributed by atoms with Crippen molar-refractivity contribution in [1.82, 2.24) is 0 Å². The van der Waals surface area contributed by atoms with E-state index < -0.39 is 10.3 Å². The summed E-state index contributed by atoms with van der Waals surface area (Å²) in [5.41, 5.74) is 0. The highest BCUT2D eigenvalue weighted by atomic mass is 35.5. The minimum Gasteiger partial charge on any atom is -0.460 e. The molecule has 0 bridgehead atoms. The number of rotatable bonds is 0. The molecule has 0 N–H and O–H groups in total. The van der Waals surface area contributed by atoms with Crippen molar-refractivity contribution in [2.24, 2.45) is 0 Å². The van der Waals surface area contributed by atoms with Crippen molar-refractivity contribution in [2.75, 3.05) is 0 Å². The molecular weight excluding hydrogens is 223 g/mol. The summed E-state index contributed by atoms with van der Waals surface area (Å²) in [6.07, 6.45) is 6.88. The Labute approximate surface area is 94.2 Å². The molecule has 0 fully saturated rings. The highest BCUT2D eigenvalue weighted by Gasteiger charge is 2.35. The molecule has 0 aromatic heterocycles. The van der Waals surface area contributed by atoms with Crippen molar-refractivity contribution in [3.63, 3.8) is 0 Å². The van der Waals surface area contributed by atoms with Crippen LogP contribution in [0.25, 0.3) is 0 Å². The molecule has 14 heavy (non-hydrogen) atoms. The molecule has 2 nitrogen and oxygen atoms in total. The van der Waals surface area contributed by atoms with E-state index in [2.05, 4.69) is 0 Å². The van der Waals surface area contributed by atoms with Crippen LogP contribution in [0.4, 0.5) is 0 Å². The van der Waals surface area contributed by atoms with E-state index in [4.69, 9.17) is 27.9 Å². The summed E-state index contributed by atoms with van der Waals surface area (Å²) < 4.78 is 3.68. The Balaban J connectivity index is 2.69. The van der Waals surface area contributed by atoms with Crippen molar-refractivity contribution in [3.8, 4) is 0 Å². The van der Waals surface area contributed by atoms with Crippen LogP contribution in [0.5, 0.6) is 0 Å². The monoisotopic (exact) mass is 236 g/mol. The molecular formula is C10H14Cl2O2. The van der Waals surface area contributed by atoms with E-state index in [0.717, 1.165) is 19.3 Å².